The van der Waals surface area contributed by atoms with Crippen molar-refractivity contribution in [3.63, 3.8) is 0 Å². The van der Waals surface area contributed by atoms with E-state index in [-0.39, 0.29) is 5.91 Å². The summed E-state index contributed by atoms with van der Waals surface area (Å²) in [5.41, 5.74) is 0.689. The van der Waals surface area contributed by atoms with Gasteiger partial charge in [-0.2, -0.15) is 0 Å². The van der Waals surface area contributed by atoms with Gasteiger partial charge in [0, 0.05) is 11.3 Å². The minimum Gasteiger partial charge on any atom is -0.495 e. The van der Waals surface area contributed by atoms with Crippen molar-refractivity contribution < 1.29 is 24.2 Å². The van der Waals surface area contributed by atoms with Gasteiger partial charge in [-0.1, -0.05) is 32.0 Å². The van der Waals surface area contributed by atoms with Crippen LogP contribution in [0.4, 0.5) is 11.4 Å². The lowest BCUT2D eigenvalue weighted by atomic mass is 10.1. The molecule has 2 aromatic carbocycles. The SMILES string of the molecule is COc1ccc(C(=O)Nc2ccccc2)cc1NC(=O)[C@@H]1[C@@H](C(=O)O)C1(C)C. The molecule has 0 unspecified atom stereocenters. The fourth-order valence-electron chi connectivity index (χ4n) is 3.47. The maximum atomic E-state index is 12.6. The summed E-state index contributed by atoms with van der Waals surface area (Å²) in [4.78, 5) is 36.4. The maximum Gasteiger partial charge on any atom is 0.307 e. The summed E-state index contributed by atoms with van der Waals surface area (Å²) in [5.74, 6) is -2.72. The quantitative estimate of drug-likeness (QED) is 0.711. The summed E-state index contributed by atoms with van der Waals surface area (Å²) in [6.07, 6.45) is 0. The number of ether oxygens (including phenoxy) is 1. The Morgan fingerprint density at radius 1 is 1.00 bits per heavy atom. The zero-order chi connectivity index (χ0) is 20.5. The van der Waals surface area contributed by atoms with Gasteiger partial charge in [-0.15, -0.1) is 0 Å². The monoisotopic (exact) mass is 382 g/mol. The highest BCUT2D eigenvalue weighted by molar-refractivity contribution is 6.06. The topological polar surface area (TPSA) is 105 Å². The zero-order valence-electron chi connectivity index (χ0n) is 15.9. The number of methoxy groups -OCH3 is 1. The molecule has 0 bridgehead atoms. The van der Waals surface area contributed by atoms with E-state index >= 15 is 0 Å². The Kier molecular flexibility index (Phi) is 5.09. The third kappa shape index (κ3) is 3.69. The highest BCUT2D eigenvalue weighted by atomic mass is 16.5. The van der Waals surface area contributed by atoms with Crippen LogP contribution in [-0.2, 0) is 9.59 Å². The molecule has 2 amide bonds. The summed E-state index contributed by atoms with van der Waals surface area (Å²) >= 11 is 0. The number of carbonyl (C=O) groups excluding carboxylic acids is 2. The van der Waals surface area contributed by atoms with Crippen LogP contribution in [0.1, 0.15) is 24.2 Å². The number of anilines is 2. The van der Waals surface area contributed by atoms with E-state index in [1.165, 1.54) is 13.2 Å². The smallest absolute Gasteiger partial charge is 0.307 e. The molecule has 2 aromatic rings. The van der Waals surface area contributed by atoms with Crippen LogP contribution in [0.3, 0.4) is 0 Å². The van der Waals surface area contributed by atoms with Crippen LogP contribution in [0.15, 0.2) is 48.5 Å². The highest BCUT2D eigenvalue weighted by Gasteiger charge is 2.65. The summed E-state index contributed by atoms with van der Waals surface area (Å²) in [6.45, 7) is 3.49. The number of benzene rings is 2. The minimum absolute atomic E-state index is 0.319. The lowest BCUT2D eigenvalue weighted by Crippen LogP contribution is -2.19. The first-order valence-electron chi connectivity index (χ1n) is 8.84. The molecule has 2 atom stereocenters. The third-order valence-electron chi connectivity index (χ3n) is 5.13. The molecule has 0 spiro atoms. The van der Waals surface area contributed by atoms with E-state index in [1.54, 1.807) is 38.1 Å². The molecule has 7 heteroatoms. The number of rotatable bonds is 6. The maximum absolute atomic E-state index is 12.6. The van der Waals surface area contributed by atoms with Gasteiger partial charge in [-0.3, -0.25) is 14.4 Å². The Morgan fingerprint density at radius 2 is 1.68 bits per heavy atom. The molecule has 3 rings (SSSR count). The average Bonchev–Trinajstić information content (AvgIpc) is 3.25. The molecule has 0 heterocycles. The van der Waals surface area contributed by atoms with Crippen LogP contribution < -0.4 is 15.4 Å². The predicted molar refractivity (Wildman–Crippen MR) is 104 cm³/mol. The number of carboxylic acid groups (broad SMARTS) is 1. The number of hydrogen-bond donors (Lipinski definition) is 3. The van der Waals surface area contributed by atoms with Crippen molar-refractivity contribution in [2.75, 3.05) is 17.7 Å². The molecular weight excluding hydrogens is 360 g/mol. The van der Waals surface area contributed by atoms with Crippen molar-refractivity contribution >= 4 is 29.2 Å². The molecule has 28 heavy (non-hydrogen) atoms. The third-order valence-corrected chi connectivity index (χ3v) is 5.13. The molecule has 1 aliphatic rings. The number of aliphatic carboxylic acids is 1. The second kappa shape index (κ2) is 7.34. The van der Waals surface area contributed by atoms with E-state index < -0.39 is 29.1 Å². The summed E-state index contributed by atoms with van der Waals surface area (Å²) in [7, 11) is 1.45. The fourth-order valence-corrected chi connectivity index (χ4v) is 3.47. The van der Waals surface area contributed by atoms with Crippen molar-refractivity contribution in [2.24, 2.45) is 17.3 Å². The zero-order valence-corrected chi connectivity index (χ0v) is 15.9. The van der Waals surface area contributed by atoms with E-state index in [1.807, 2.05) is 18.2 Å². The van der Waals surface area contributed by atoms with Gasteiger partial charge in [-0.25, -0.2) is 0 Å². The average molecular weight is 382 g/mol. The van der Waals surface area contributed by atoms with E-state index in [4.69, 9.17) is 4.74 Å². The molecule has 0 radical (unpaired) electrons. The second-order valence-corrected chi connectivity index (χ2v) is 7.34. The molecule has 3 N–H and O–H groups in total. The molecule has 0 saturated heterocycles. The van der Waals surface area contributed by atoms with Gasteiger partial charge >= 0.3 is 5.97 Å². The van der Waals surface area contributed by atoms with Crippen molar-refractivity contribution in [1.82, 2.24) is 0 Å². The summed E-state index contributed by atoms with van der Waals surface area (Å²) in [5, 5.41) is 14.8. The van der Waals surface area contributed by atoms with Crippen LogP contribution in [-0.4, -0.2) is 30.0 Å². The summed E-state index contributed by atoms with van der Waals surface area (Å²) < 4.78 is 5.26. The first kappa shape index (κ1) is 19.4. The minimum atomic E-state index is -0.992. The van der Waals surface area contributed by atoms with E-state index in [9.17, 15) is 19.5 Å². The van der Waals surface area contributed by atoms with Gasteiger partial charge in [-0.05, 0) is 35.7 Å². The van der Waals surface area contributed by atoms with Crippen LogP contribution in [0, 0.1) is 17.3 Å². The van der Waals surface area contributed by atoms with E-state index in [2.05, 4.69) is 10.6 Å². The highest BCUT2D eigenvalue weighted by Crippen LogP contribution is 2.58. The number of carbonyl (C=O) groups is 3. The lowest BCUT2D eigenvalue weighted by molar-refractivity contribution is -0.140. The van der Waals surface area contributed by atoms with Gasteiger partial charge in [0.05, 0.1) is 24.6 Å². The Bertz CT molecular complexity index is 924. The van der Waals surface area contributed by atoms with Crippen molar-refractivity contribution in [2.45, 2.75) is 13.8 Å². The molecule has 1 saturated carbocycles. The molecule has 1 aliphatic carbocycles. The molecular formula is C21H22N2O5. The first-order chi connectivity index (χ1) is 13.3. The van der Waals surface area contributed by atoms with Gasteiger partial charge < -0.3 is 20.5 Å². The second-order valence-electron chi connectivity index (χ2n) is 7.34. The van der Waals surface area contributed by atoms with Crippen molar-refractivity contribution in [1.29, 1.82) is 0 Å². The van der Waals surface area contributed by atoms with Crippen LogP contribution in [0.2, 0.25) is 0 Å². The van der Waals surface area contributed by atoms with Crippen molar-refractivity contribution in [3.8, 4) is 5.75 Å². The number of carboxylic acids is 1. The number of amides is 2. The molecule has 146 valence electrons. The number of nitrogens with one attached hydrogen (secondary N) is 2. The summed E-state index contributed by atoms with van der Waals surface area (Å²) in [6, 6.07) is 13.7. The first-order valence-corrected chi connectivity index (χ1v) is 8.84. The van der Waals surface area contributed by atoms with Gasteiger partial charge in [0.15, 0.2) is 0 Å². The largest absolute Gasteiger partial charge is 0.495 e. The van der Waals surface area contributed by atoms with E-state index in [0.29, 0.717) is 22.7 Å². The standard InChI is InChI=1S/C21H22N2O5/c1-21(2)16(17(21)20(26)27)19(25)23-14-11-12(9-10-15(14)28-3)18(24)22-13-7-5-4-6-8-13/h4-11,16-17H,1-3H3,(H,22,24)(H,23,25)(H,26,27)/t16-,17-/m0/s1. The normalized spacial score (nSPS) is 19.4. The molecule has 7 nitrogen and oxygen atoms in total. The van der Waals surface area contributed by atoms with Crippen molar-refractivity contribution in [3.05, 3.63) is 54.1 Å². The van der Waals surface area contributed by atoms with Gasteiger partial charge in [0.2, 0.25) is 5.91 Å². The van der Waals surface area contributed by atoms with Crippen LogP contribution >= 0.6 is 0 Å². The molecule has 1 fully saturated rings. The van der Waals surface area contributed by atoms with E-state index in [0.717, 1.165) is 0 Å². The lowest BCUT2D eigenvalue weighted by Gasteiger charge is -2.13. The van der Waals surface area contributed by atoms with Gasteiger partial charge in [0.25, 0.3) is 5.91 Å². The van der Waals surface area contributed by atoms with Crippen LogP contribution in [0.25, 0.3) is 0 Å². The van der Waals surface area contributed by atoms with Gasteiger partial charge in [0.1, 0.15) is 5.75 Å². The predicted octanol–water partition coefficient (Wildman–Crippen LogP) is 3.24. The molecule has 0 aliphatic heterocycles. The number of para-hydroxylation sites is 1. The van der Waals surface area contributed by atoms with Crippen LogP contribution in [0.5, 0.6) is 5.75 Å². The Balaban J connectivity index is 1.79. The number of hydrogen-bond acceptors (Lipinski definition) is 4. The Morgan fingerprint density at radius 3 is 2.25 bits per heavy atom. The fraction of sp³-hybridized carbons (Fsp3) is 0.286. The Labute approximate surface area is 162 Å². The Hall–Kier alpha value is -3.35. The molecule has 0 aromatic heterocycles.